The van der Waals surface area contributed by atoms with Gasteiger partial charge in [-0.05, 0) is 30.2 Å². The van der Waals surface area contributed by atoms with E-state index in [2.05, 4.69) is 10.6 Å². The second kappa shape index (κ2) is 9.27. The standard InChI is InChI=1S/C18H23N3O6S/c1-4-14(13-7-8-27-11-13)20-17(22)10-12-5-6-15(26-3)16(9-12)28(24,25)21-18(23)19-2/h5-9,11,14H,4,10H2,1-3H3,(H,20,22)(H2,19,21,23). The average Bonchev–Trinajstić information content (AvgIpc) is 3.20. The number of benzene rings is 1. The zero-order valence-electron chi connectivity index (χ0n) is 15.8. The second-order valence-electron chi connectivity index (χ2n) is 5.93. The number of amides is 3. The third kappa shape index (κ3) is 5.26. The molecule has 0 bridgehead atoms. The Morgan fingerprint density at radius 1 is 1.25 bits per heavy atom. The molecule has 0 saturated carbocycles. The van der Waals surface area contributed by atoms with Crippen LogP contribution in [-0.2, 0) is 21.2 Å². The lowest BCUT2D eigenvalue weighted by Crippen LogP contribution is -2.37. The maximum atomic E-state index is 12.4. The molecule has 1 heterocycles. The van der Waals surface area contributed by atoms with Gasteiger partial charge < -0.3 is 19.8 Å². The van der Waals surface area contributed by atoms with Crippen molar-refractivity contribution in [3.05, 3.63) is 47.9 Å². The van der Waals surface area contributed by atoms with E-state index in [9.17, 15) is 18.0 Å². The highest BCUT2D eigenvalue weighted by Gasteiger charge is 2.23. The summed E-state index contributed by atoms with van der Waals surface area (Å²) in [4.78, 5) is 23.6. The minimum absolute atomic E-state index is 0.0408. The molecule has 0 aliphatic rings. The van der Waals surface area contributed by atoms with E-state index in [0.717, 1.165) is 5.56 Å². The molecule has 3 N–H and O–H groups in total. The van der Waals surface area contributed by atoms with E-state index < -0.39 is 16.1 Å². The molecule has 0 aliphatic heterocycles. The number of urea groups is 1. The molecule has 28 heavy (non-hydrogen) atoms. The van der Waals surface area contributed by atoms with Gasteiger partial charge in [-0.25, -0.2) is 17.9 Å². The zero-order valence-corrected chi connectivity index (χ0v) is 16.6. The van der Waals surface area contributed by atoms with Gasteiger partial charge in [0.05, 0.1) is 32.1 Å². The molecule has 0 fully saturated rings. The van der Waals surface area contributed by atoms with Crippen LogP contribution in [0.3, 0.4) is 0 Å². The molecule has 10 heteroatoms. The summed E-state index contributed by atoms with van der Waals surface area (Å²) in [5.74, 6) is -0.216. The van der Waals surface area contributed by atoms with Crippen molar-refractivity contribution in [3.63, 3.8) is 0 Å². The Bertz CT molecular complexity index is 925. The molecular formula is C18H23N3O6S. The van der Waals surface area contributed by atoms with Crippen molar-refractivity contribution in [1.29, 1.82) is 0 Å². The first-order valence-corrected chi connectivity index (χ1v) is 10.0. The van der Waals surface area contributed by atoms with Crippen molar-refractivity contribution in [1.82, 2.24) is 15.4 Å². The van der Waals surface area contributed by atoms with E-state index in [0.29, 0.717) is 12.0 Å². The van der Waals surface area contributed by atoms with Gasteiger partial charge in [0.15, 0.2) is 0 Å². The van der Waals surface area contributed by atoms with Gasteiger partial charge in [-0.15, -0.1) is 0 Å². The van der Waals surface area contributed by atoms with Crippen LogP contribution in [0.2, 0.25) is 0 Å². The topological polar surface area (TPSA) is 127 Å². The van der Waals surface area contributed by atoms with Crippen molar-refractivity contribution >= 4 is 22.0 Å². The number of sulfonamides is 1. The van der Waals surface area contributed by atoms with Crippen LogP contribution in [0.5, 0.6) is 5.75 Å². The molecule has 1 atom stereocenters. The fraction of sp³-hybridized carbons (Fsp3) is 0.333. The third-order valence-electron chi connectivity index (χ3n) is 4.03. The average molecular weight is 409 g/mol. The van der Waals surface area contributed by atoms with E-state index in [1.165, 1.54) is 32.6 Å². The molecule has 0 saturated heterocycles. The molecule has 1 unspecified atom stereocenters. The van der Waals surface area contributed by atoms with Crippen LogP contribution in [0.25, 0.3) is 0 Å². The van der Waals surface area contributed by atoms with Gasteiger partial charge in [-0.3, -0.25) is 4.79 Å². The number of methoxy groups -OCH3 is 1. The first-order chi connectivity index (χ1) is 13.3. The highest BCUT2D eigenvalue weighted by molar-refractivity contribution is 7.90. The van der Waals surface area contributed by atoms with E-state index in [1.54, 1.807) is 18.4 Å². The highest BCUT2D eigenvalue weighted by atomic mass is 32.2. The van der Waals surface area contributed by atoms with Crippen molar-refractivity contribution < 1.29 is 27.2 Å². The predicted octanol–water partition coefficient (Wildman–Crippen LogP) is 1.72. The molecule has 2 rings (SSSR count). The normalized spacial score (nSPS) is 12.1. The van der Waals surface area contributed by atoms with Crippen LogP contribution >= 0.6 is 0 Å². The highest BCUT2D eigenvalue weighted by Crippen LogP contribution is 2.25. The maximum absolute atomic E-state index is 12.4. The molecule has 0 spiro atoms. The summed E-state index contributed by atoms with van der Waals surface area (Å²) in [5.41, 5.74) is 1.31. The molecule has 0 aliphatic carbocycles. The van der Waals surface area contributed by atoms with E-state index >= 15 is 0 Å². The van der Waals surface area contributed by atoms with E-state index in [1.807, 2.05) is 11.6 Å². The zero-order chi connectivity index (χ0) is 20.7. The minimum atomic E-state index is -4.17. The summed E-state index contributed by atoms with van der Waals surface area (Å²) in [7, 11) is -1.55. The Hall–Kier alpha value is -3.01. The number of carbonyl (C=O) groups excluding carboxylic acids is 2. The number of hydrogen-bond acceptors (Lipinski definition) is 6. The summed E-state index contributed by atoms with van der Waals surface area (Å²) in [6, 6.07) is 5.03. The summed E-state index contributed by atoms with van der Waals surface area (Å²) in [5, 5.41) is 5.06. The lowest BCUT2D eigenvalue weighted by Gasteiger charge is -2.16. The quantitative estimate of drug-likeness (QED) is 0.609. The second-order valence-corrected chi connectivity index (χ2v) is 7.58. The van der Waals surface area contributed by atoms with Crippen LogP contribution < -0.4 is 20.1 Å². The van der Waals surface area contributed by atoms with Crippen LogP contribution in [0.1, 0.15) is 30.5 Å². The number of hydrogen-bond donors (Lipinski definition) is 3. The van der Waals surface area contributed by atoms with Crippen molar-refractivity contribution in [2.45, 2.75) is 30.7 Å². The summed E-state index contributed by atoms with van der Waals surface area (Å²) < 4.78 is 36.9. The number of carbonyl (C=O) groups is 2. The van der Waals surface area contributed by atoms with Crippen molar-refractivity contribution in [3.8, 4) is 5.75 Å². The summed E-state index contributed by atoms with van der Waals surface area (Å²) in [6.07, 6.45) is 3.73. The lowest BCUT2D eigenvalue weighted by molar-refractivity contribution is -0.121. The summed E-state index contributed by atoms with van der Waals surface area (Å²) >= 11 is 0. The number of ether oxygens (including phenoxy) is 1. The fourth-order valence-electron chi connectivity index (χ4n) is 2.59. The van der Waals surface area contributed by atoms with E-state index in [4.69, 9.17) is 9.15 Å². The molecule has 152 valence electrons. The van der Waals surface area contributed by atoms with Gasteiger partial charge in [0.2, 0.25) is 5.91 Å². The van der Waals surface area contributed by atoms with Gasteiger partial charge in [-0.2, -0.15) is 0 Å². The molecule has 1 aromatic heterocycles. The van der Waals surface area contributed by atoms with Gasteiger partial charge in [0.25, 0.3) is 10.0 Å². The number of furan rings is 1. The van der Waals surface area contributed by atoms with Gasteiger partial charge in [-0.1, -0.05) is 13.0 Å². The first-order valence-electron chi connectivity index (χ1n) is 8.53. The Balaban J connectivity index is 2.20. The smallest absolute Gasteiger partial charge is 0.328 e. The Morgan fingerprint density at radius 2 is 2.00 bits per heavy atom. The molecular weight excluding hydrogens is 386 g/mol. The van der Waals surface area contributed by atoms with Crippen LogP contribution in [0, 0.1) is 0 Å². The SMILES string of the molecule is CCC(NC(=O)Cc1ccc(OC)c(S(=O)(=O)NC(=O)NC)c1)c1ccoc1. The van der Waals surface area contributed by atoms with Gasteiger partial charge in [0, 0.05) is 12.6 Å². The maximum Gasteiger partial charge on any atom is 0.328 e. The number of rotatable bonds is 8. The fourth-order valence-corrected chi connectivity index (χ4v) is 3.77. The van der Waals surface area contributed by atoms with Gasteiger partial charge in [0.1, 0.15) is 10.6 Å². The monoisotopic (exact) mass is 409 g/mol. The Labute approximate surface area is 163 Å². The minimum Gasteiger partial charge on any atom is -0.495 e. The number of nitrogens with one attached hydrogen (secondary N) is 3. The van der Waals surface area contributed by atoms with Crippen LogP contribution in [0.15, 0.2) is 46.1 Å². The Morgan fingerprint density at radius 3 is 2.57 bits per heavy atom. The lowest BCUT2D eigenvalue weighted by atomic mass is 10.1. The molecule has 9 nitrogen and oxygen atoms in total. The van der Waals surface area contributed by atoms with Gasteiger partial charge >= 0.3 is 6.03 Å². The summed E-state index contributed by atoms with van der Waals surface area (Å²) in [6.45, 7) is 1.93. The Kier molecular flexibility index (Phi) is 7.05. The first kappa shape index (κ1) is 21.3. The van der Waals surface area contributed by atoms with Crippen molar-refractivity contribution in [2.24, 2.45) is 0 Å². The third-order valence-corrected chi connectivity index (χ3v) is 5.38. The molecule has 0 radical (unpaired) electrons. The van der Waals surface area contributed by atoms with Crippen LogP contribution in [0.4, 0.5) is 4.79 Å². The molecule has 3 amide bonds. The molecule has 2 aromatic rings. The predicted molar refractivity (Wildman–Crippen MR) is 101 cm³/mol. The molecule has 1 aromatic carbocycles. The van der Waals surface area contributed by atoms with Crippen molar-refractivity contribution in [2.75, 3.05) is 14.2 Å². The largest absolute Gasteiger partial charge is 0.495 e. The van der Waals surface area contributed by atoms with Crippen LogP contribution in [-0.4, -0.2) is 34.5 Å². The van der Waals surface area contributed by atoms with E-state index in [-0.39, 0.29) is 29.0 Å².